The van der Waals surface area contributed by atoms with Crippen molar-refractivity contribution in [1.82, 2.24) is 15.1 Å². The van der Waals surface area contributed by atoms with Crippen LogP contribution < -0.4 is 11.1 Å². The van der Waals surface area contributed by atoms with Crippen LogP contribution in [0.5, 0.6) is 0 Å². The molecule has 3 amide bonds. The molecule has 1 fully saturated rings. The Bertz CT molecular complexity index is 312. The Morgan fingerprint density at radius 3 is 1.94 bits per heavy atom. The van der Waals surface area contributed by atoms with Crippen LogP contribution in [-0.2, 0) is 9.59 Å². The number of hydrogen-bond acceptors (Lipinski definition) is 5. The molecule has 1 heterocycles. The normalized spacial score (nSPS) is 17.6. The van der Waals surface area contributed by atoms with Crippen LogP contribution in [0.25, 0.3) is 0 Å². The first kappa shape index (κ1) is 13.4. The van der Waals surface area contributed by atoms with Crippen LogP contribution in [0, 0.1) is 0 Å². The maximum Gasteiger partial charge on any atom is 0.318 e. The minimum absolute atomic E-state index is 0.0152. The number of carboxylic acid groups (broad SMARTS) is 1. The number of aliphatic carboxylic acids is 1. The van der Waals surface area contributed by atoms with Gasteiger partial charge in [0.25, 0.3) is 0 Å². The molecule has 1 aliphatic rings. The fourth-order valence-electron chi connectivity index (χ4n) is 1.68. The molecule has 0 aliphatic carbocycles. The van der Waals surface area contributed by atoms with E-state index in [-0.39, 0.29) is 13.1 Å². The lowest BCUT2D eigenvalue weighted by Crippen LogP contribution is -2.51. The van der Waals surface area contributed by atoms with Crippen molar-refractivity contribution in [1.29, 1.82) is 0 Å². The molecule has 17 heavy (non-hydrogen) atoms. The molecule has 4 N–H and O–H groups in total. The maximum absolute atomic E-state index is 11.2. The van der Waals surface area contributed by atoms with E-state index >= 15 is 0 Å². The van der Waals surface area contributed by atoms with Crippen molar-refractivity contribution in [2.45, 2.75) is 0 Å². The first-order valence-corrected chi connectivity index (χ1v) is 5.23. The van der Waals surface area contributed by atoms with Crippen LogP contribution in [0.1, 0.15) is 0 Å². The van der Waals surface area contributed by atoms with Gasteiger partial charge >= 0.3 is 12.0 Å². The van der Waals surface area contributed by atoms with Gasteiger partial charge in [-0.3, -0.25) is 24.7 Å². The topological polar surface area (TPSA) is 116 Å². The van der Waals surface area contributed by atoms with Crippen molar-refractivity contribution in [2.24, 2.45) is 5.73 Å². The average Bonchev–Trinajstić information content (AvgIpc) is 2.18. The molecule has 0 saturated carbocycles. The van der Waals surface area contributed by atoms with Crippen LogP contribution in [-0.4, -0.2) is 72.1 Å². The van der Waals surface area contributed by atoms with E-state index in [1.807, 2.05) is 10.2 Å². The summed E-state index contributed by atoms with van der Waals surface area (Å²) in [5.41, 5.74) is 4.81. The molecule has 96 valence electrons. The molecule has 1 aliphatic heterocycles. The van der Waals surface area contributed by atoms with Crippen LogP contribution in [0.15, 0.2) is 0 Å². The van der Waals surface area contributed by atoms with Gasteiger partial charge < -0.3 is 10.8 Å². The third-order valence-electron chi connectivity index (χ3n) is 2.45. The second-order valence-corrected chi connectivity index (χ2v) is 3.86. The fourth-order valence-corrected chi connectivity index (χ4v) is 1.68. The van der Waals surface area contributed by atoms with E-state index in [1.54, 1.807) is 4.90 Å². The number of nitrogens with one attached hydrogen (secondary N) is 1. The van der Waals surface area contributed by atoms with Gasteiger partial charge in [-0.15, -0.1) is 0 Å². The monoisotopic (exact) mass is 244 g/mol. The lowest BCUT2D eigenvalue weighted by molar-refractivity contribution is -0.139. The summed E-state index contributed by atoms with van der Waals surface area (Å²) < 4.78 is 0. The predicted octanol–water partition coefficient (Wildman–Crippen LogP) is -2.12. The summed E-state index contributed by atoms with van der Waals surface area (Å²) in [6.07, 6.45) is 0. The molecule has 0 atom stereocenters. The summed E-state index contributed by atoms with van der Waals surface area (Å²) in [4.78, 5) is 35.8. The number of amides is 3. The van der Waals surface area contributed by atoms with Gasteiger partial charge in [-0.1, -0.05) is 0 Å². The molecule has 1 rings (SSSR count). The highest BCUT2D eigenvalue weighted by atomic mass is 16.4. The number of carbonyl (C=O) groups excluding carboxylic acids is 2. The van der Waals surface area contributed by atoms with Gasteiger partial charge in [-0.25, -0.2) is 4.79 Å². The smallest absolute Gasteiger partial charge is 0.318 e. The number of nitrogens with two attached hydrogens (primary N) is 1. The van der Waals surface area contributed by atoms with Crippen molar-refractivity contribution >= 4 is 17.9 Å². The first-order valence-electron chi connectivity index (χ1n) is 5.23. The summed E-state index contributed by atoms with van der Waals surface area (Å²) >= 11 is 0. The molecule has 0 unspecified atom stereocenters. The molecule has 0 aromatic rings. The number of carbonyl (C=O) groups is 3. The highest BCUT2D eigenvalue weighted by Crippen LogP contribution is 2.00. The van der Waals surface area contributed by atoms with Gasteiger partial charge in [0.15, 0.2) is 0 Å². The van der Waals surface area contributed by atoms with Gasteiger partial charge in [0.2, 0.25) is 5.91 Å². The van der Waals surface area contributed by atoms with Crippen molar-refractivity contribution in [3.8, 4) is 0 Å². The Morgan fingerprint density at radius 2 is 1.53 bits per heavy atom. The van der Waals surface area contributed by atoms with Crippen molar-refractivity contribution in [2.75, 3.05) is 39.3 Å². The zero-order chi connectivity index (χ0) is 12.8. The number of carboxylic acids is 1. The van der Waals surface area contributed by atoms with E-state index in [9.17, 15) is 14.4 Å². The third kappa shape index (κ3) is 5.27. The van der Waals surface area contributed by atoms with E-state index in [4.69, 9.17) is 10.8 Å². The molecule has 1 saturated heterocycles. The molecule has 8 heteroatoms. The maximum atomic E-state index is 11.2. The van der Waals surface area contributed by atoms with Gasteiger partial charge in [0.05, 0.1) is 13.1 Å². The lowest BCUT2D eigenvalue weighted by atomic mass is 10.3. The van der Waals surface area contributed by atoms with E-state index in [2.05, 4.69) is 0 Å². The summed E-state index contributed by atoms with van der Waals surface area (Å²) in [6.45, 7) is 2.50. The van der Waals surface area contributed by atoms with Crippen molar-refractivity contribution < 1.29 is 19.5 Å². The number of urea groups is 1. The van der Waals surface area contributed by atoms with E-state index in [0.717, 1.165) is 0 Å². The molecule has 0 aromatic carbocycles. The third-order valence-corrected chi connectivity index (χ3v) is 2.45. The molecular formula is C9H16N4O4. The van der Waals surface area contributed by atoms with Gasteiger partial charge in [-0.2, -0.15) is 0 Å². The minimum atomic E-state index is -0.862. The Kier molecular flexibility index (Phi) is 4.85. The van der Waals surface area contributed by atoms with Gasteiger partial charge in [0.1, 0.15) is 0 Å². The van der Waals surface area contributed by atoms with Crippen LogP contribution >= 0.6 is 0 Å². The predicted molar refractivity (Wildman–Crippen MR) is 58.2 cm³/mol. The molecule has 0 radical (unpaired) electrons. The van der Waals surface area contributed by atoms with Crippen molar-refractivity contribution in [3.05, 3.63) is 0 Å². The fraction of sp³-hybridized carbons (Fsp3) is 0.667. The zero-order valence-electron chi connectivity index (χ0n) is 9.39. The number of nitrogens with zero attached hydrogens (tertiary/aromatic N) is 2. The SMILES string of the molecule is NC(=O)NC(=O)CN1CCN(CC(=O)O)CC1. The standard InChI is InChI=1S/C9H16N4O4/c10-9(17)11-7(14)5-12-1-3-13(4-2-12)6-8(15)16/h1-6H2,(H,15,16)(H3,10,11,14,17). The Hall–Kier alpha value is -1.67. The Morgan fingerprint density at radius 1 is 1.06 bits per heavy atom. The number of rotatable bonds is 4. The van der Waals surface area contributed by atoms with Crippen LogP contribution in [0.3, 0.4) is 0 Å². The molecule has 0 aromatic heterocycles. The van der Waals surface area contributed by atoms with Crippen LogP contribution in [0.2, 0.25) is 0 Å². The minimum Gasteiger partial charge on any atom is -0.480 e. The van der Waals surface area contributed by atoms with Gasteiger partial charge in [0, 0.05) is 26.2 Å². The second kappa shape index (κ2) is 6.16. The first-order chi connectivity index (χ1) is 7.97. The quantitative estimate of drug-likeness (QED) is 0.521. The number of primary amides is 1. The van der Waals surface area contributed by atoms with Crippen molar-refractivity contribution in [3.63, 3.8) is 0 Å². The van der Waals surface area contributed by atoms with E-state index < -0.39 is 17.9 Å². The Balaban J connectivity index is 2.25. The zero-order valence-corrected chi connectivity index (χ0v) is 9.39. The second-order valence-electron chi connectivity index (χ2n) is 3.86. The summed E-state index contributed by atoms with van der Waals surface area (Å²) in [5, 5.41) is 10.6. The number of imide groups is 1. The number of piperazine rings is 1. The molecule has 0 spiro atoms. The summed E-state index contributed by atoms with van der Waals surface area (Å²) in [5.74, 6) is -1.30. The molecule has 8 nitrogen and oxygen atoms in total. The lowest BCUT2D eigenvalue weighted by Gasteiger charge is -2.33. The molecule has 0 bridgehead atoms. The summed E-state index contributed by atoms with van der Waals surface area (Å²) in [6, 6.07) is -0.862. The average molecular weight is 244 g/mol. The number of hydrogen-bond donors (Lipinski definition) is 3. The summed E-state index contributed by atoms with van der Waals surface area (Å²) in [7, 11) is 0. The van der Waals surface area contributed by atoms with Gasteiger partial charge in [-0.05, 0) is 0 Å². The molecular weight excluding hydrogens is 228 g/mol. The highest BCUT2D eigenvalue weighted by molar-refractivity contribution is 5.94. The highest BCUT2D eigenvalue weighted by Gasteiger charge is 2.20. The Labute approximate surface area is 98.3 Å². The van der Waals surface area contributed by atoms with E-state index in [1.165, 1.54) is 0 Å². The van der Waals surface area contributed by atoms with Crippen LogP contribution in [0.4, 0.5) is 4.79 Å². The van der Waals surface area contributed by atoms with E-state index in [0.29, 0.717) is 26.2 Å². The largest absolute Gasteiger partial charge is 0.480 e.